The van der Waals surface area contributed by atoms with E-state index in [0.717, 1.165) is 59.6 Å². The Morgan fingerprint density at radius 2 is 1.93 bits per heavy atom. The molecule has 1 aliphatic heterocycles. The molecule has 7 heteroatoms. The van der Waals surface area contributed by atoms with Crippen molar-refractivity contribution >= 4 is 53.1 Å². The van der Waals surface area contributed by atoms with E-state index >= 15 is 0 Å². The molecule has 3 aromatic rings. The number of hydrogen-bond donors (Lipinski definition) is 1. The maximum atomic E-state index is 13.1. The molecule has 1 amide bonds. The summed E-state index contributed by atoms with van der Waals surface area (Å²) in [5.74, 6) is 1.03. The van der Waals surface area contributed by atoms with Crippen LogP contribution < -0.4 is 10.6 Å². The van der Waals surface area contributed by atoms with Crippen molar-refractivity contribution in [3.63, 3.8) is 0 Å². The topological polar surface area (TPSA) is 64.2 Å². The molecule has 4 rings (SSSR count). The number of hydrogen-bond acceptors (Lipinski definition) is 3. The number of anilines is 2. The van der Waals surface area contributed by atoms with Crippen LogP contribution in [0.1, 0.15) is 24.7 Å². The molecule has 0 aliphatic carbocycles. The second-order valence-electron chi connectivity index (χ2n) is 6.45. The maximum Gasteiger partial charge on any atom is 0.246 e. The van der Waals surface area contributed by atoms with Gasteiger partial charge in [-0.2, -0.15) is 0 Å². The number of para-hydroxylation sites is 2. The van der Waals surface area contributed by atoms with Gasteiger partial charge in [0.25, 0.3) is 0 Å². The predicted molar refractivity (Wildman–Crippen MR) is 115 cm³/mol. The Labute approximate surface area is 171 Å². The van der Waals surface area contributed by atoms with E-state index in [0.29, 0.717) is 6.54 Å². The first-order valence-corrected chi connectivity index (χ1v) is 8.81. The van der Waals surface area contributed by atoms with Gasteiger partial charge in [-0.15, -0.1) is 24.8 Å². The van der Waals surface area contributed by atoms with Crippen molar-refractivity contribution in [1.82, 2.24) is 9.55 Å². The zero-order valence-corrected chi connectivity index (χ0v) is 16.9. The average molecular weight is 407 g/mol. The molecule has 5 nitrogen and oxygen atoms in total. The fourth-order valence-electron chi connectivity index (χ4n) is 3.70. The summed E-state index contributed by atoms with van der Waals surface area (Å²) in [6.07, 6.45) is 2.67. The van der Waals surface area contributed by atoms with Gasteiger partial charge < -0.3 is 15.2 Å². The molecule has 0 fully saturated rings. The Morgan fingerprint density at radius 3 is 2.70 bits per heavy atom. The summed E-state index contributed by atoms with van der Waals surface area (Å²) in [5, 5.41) is 0. The van der Waals surface area contributed by atoms with E-state index in [9.17, 15) is 4.79 Å². The SMILES string of the molecule is CCc1nc2ccccc2n1CC(=O)N1CCCc2c(N)cccc21.Cl.Cl. The first kappa shape index (κ1) is 21.1. The lowest BCUT2D eigenvalue weighted by atomic mass is 10.00. The number of nitrogens with two attached hydrogens (primary N) is 1. The Balaban J connectivity index is 0.00000131. The van der Waals surface area contributed by atoms with Crippen LogP contribution in [0.15, 0.2) is 42.5 Å². The second-order valence-corrected chi connectivity index (χ2v) is 6.45. The number of nitrogen functional groups attached to an aromatic ring is 1. The van der Waals surface area contributed by atoms with E-state index in [1.54, 1.807) is 0 Å². The van der Waals surface area contributed by atoms with Gasteiger partial charge in [-0.1, -0.05) is 25.1 Å². The molecule has 0 radical (unpaired) electrons. The van der Waals surface area contributed by atoms with Crippen molar-refractivity contribution in [3.05, 3.63) is 53.9 Å². The summed E-state index contributed by atoms with van der Waals surface area (Å²) in [6.45, 7) is 3.11. The van der Waals surface area contributed by atoms with Crippen molar-refractivity contribution in [2.45, 2.75) is 32.7 Å². The fraction of sp³-hybridized carbons (Fsp3) is 0.300. The van der Waals surface area contributed by atoms with Gasteiger partial charge in [0.05, 0.1) is 11.0 Å². The van der Waals surface area contributed by atoms with Crippen LogP contribution in [0.25, 0.3) is 11.0 Å². The minimum absolute atomic E-state index is 0. The van der Waals surface area contributed by atoms with Crippen molar-refractivity contribution in [2.24, 2.45) is 0 Å². The molecule has 2 N–H and O–H groups in total. The van der Waals surface area contributed by atoms with Crippen molar-refractivity contribution < 1.29 is 4.79 Å². The van der Waals surface area contributed by atoms with Crippen molar-refractivity contribution in [3.8, 4) is 0 Å². The largest absolute Gasteiger partial charge is 0.398 e. The third-order valence-electron chi connectivity index (χ3n) is 4.93. The zero-order valence-electron chi connectivity index (χ0n) is 15.2. The quantitative estimate of drug-likeness (QED) is 0.668. The van der Waals surface area contributed by atoms with Gasteiger partial charge in [-0.05, 0) is 42.7 Å². The number of fused-ring (bicyclic) bond motifs is 2. The molecule has 0 unspecified atom stereocenters. The number of imidazole rings is 1. The number of aryl methyl sites for hydroxylation is 1. The van der Waals surface area contributed by atoms with Crippen LogP contribution in [-0.2, 0) is 24.2 Å². The zero-order chi connectivity index (χ0) is 17.4. The Morgan fingerprint density at radius 1 is 1.15 bits per heavy atom. The van der Waals surface area contributed by atoms with E-state index in [2.05, 4.69) is 11.9 Å². The van der Waals surface area contributed by atoms with E-state index < -0.39 is 0 Å². The molecule has 1 aliphatic rings. The summed E-state index contributed by atoms with van der Waals surface area (Å²) in [5.41, 5.74) is 10.9. The Kier molecular flexibility index (Phi) is 6.73. The number of rotatable bonds is 3. The third kappa shape index (κ3) is 3.75. The summed E-state index contributed by atoms with van der Waals surface area (Å²) in [7, 11) is 0. The van der Waals surface area contributed by atoms with Crippen molar-refractivity contribution in [2.75, 3.05) is 17.2 Å². The number of halogens is 2. The van der Waals surface area contributed by atoms with E-state index in [4.69, 9.17) is 5.73 Å². The van der Waals surface area contributed by atoms with Crippen molar-refractivity contribution in [1.29, 1.82) is 0 Å². The lowest BCUT2D eigenvalue weighted by Crippen LogP contribution is -2.38. The van der Waals surface area contributed by atoms with Crippen LogP contribution >= 0.6 is 24.8 Å². The average Bonchev–Trinajstić information content (AvgIpc) is 2.99. The van der Waals surface area contributed by atoms with E-state index in [-0.39, 0.29) is 30.7 Å². The van der Waals surface area contributed by atoms with Gasteiger partial charge in [-0.3, -0.25) is 4.79 Å². The highest BCUT2D eigenvalue weighted by atomic mass is 35.5. The molecule has 2 heterocycles. The molecule has 0 atom stereocenters. The molecule has 0 saturated heterocycles. The molecule has 0 spiro atoms. The first-order chi connectivity index (χ1) is 12.2. The fourth-order valence-corrected chi connectivity index (χ4v) is 3.70. The number of benzene rings is 2. The normalized spacial score (nSPS) is 12.9. The number of carbonyl (C=O) groups is 1. The van der Waals surface area contributed by atoms with Crippen LogP contribution in [0.4, 0.5) is 11.4 Å². The lowest BCUT2D eigenvalue weighted by Gasteiger charge is -2.30. The first-order valence-electron chi connectivity index (χ1n) is 8.81. The smallest absolute Gasteiger partial charge is 0.246 e. The van der Waals surface area contributed by atoms with Gasteiger partial charge in [-0.25, -0.2) is 4.98 Å². The van der Waals surface area contributed by atoms with Crippen LogP contribution in [-0.4, -0.2) is 22.0 Å². The van der Waals surface area contributed by atoms with Gasteiger partial charge in [0.1, 0.15) is 12.4 Å². The highest BCUT2D eigenvalue weighted by Gasteiger charge is 2.24. The number of amides is 1. The monoisotopic (exact) mass is 406 g/mol. The summed E-state index contributed by atoms with van der Waals surface area (Å²) < 4.78 is 2.04. The second kappa shape index (κ2) is 8.63. The number of nitrogens with zero attached hydrogens (tertiary/aromatic N) is 3. The highest BCUT2D eigenvalue weighted by molar-refractivity contribution is 5.96. The maximum absolute atomic E-state index is 13.1. The molecular formula is C20H24Cl2N4O. The number of aromatic nitrogens is 2. The highest BCUT2D eigenvalue weighted by Crippen LogP contribution is 2.31. The summed E-state index contributed by atoms with van der Waals surface area (Å²) >= 11 is 0. The predicted octanol–water partition coefficient (Wildman–Crippen LogP) is 4.00. The summed E-state index contributed by atoms with van der Waals surface area (Å²) in [4.78, 5) is 19.6. The molecule has 0 saturated carbocycles. The van der Waals surface area contributed by atoms with Gasteiger partial charge in [0, 0.05) is 24.3 Å². The molecular weight excluding hydrogens is 383 g/mol. The molecule has 27 heavy (non-hydrogen) atoms. The molecule has 144 valence electrons. The molecule has 1 aromatic heterocycles. The lowest BCUT2D eigenvalue weighted by molar-refractivity contribution is -0.119. The van der Waals surface area contributed by atoms with Crippen LogP contribution in [0.2, 0.25) is 0 Å². The van der Waals surface area contributed by atoms with Crippen LogP contribution in [0.3, 0.4) is 0 Å². The van der Waals surface area contributed by atoms with Gasteiger partial charge in [0.15, 0.2) is 0 Å². The van der Waals surface area contributed by atoms with Crippen LogP contribution in [0.5, 0.6) is 0 Å². The summed E-state index contributed by atoms with van der Waals surface area (Å²) in [6, 6.07) is 13.8. The minimum atomic E-state index is 0. The van der Waals surface area contributed by atoms with E-state index in [1.807, 2.05) is 51.9 Å². The van der Waals surface area contributed by atoms with E-state index in [1.165, 1.54) is 0 Å². The van der Waals surface area contributed by atoms with Gasteiger partial charge >= 0.3 is 0 Å². The Bertz CT molecular complexity index is 954. The standard InChI is InChI=1S/C20H22N4O.2ClH/c1-2-19-22-16-9-3-4-10-18(16)24(19)13-20(25)23-12-6-7-14-15(21)8-5-11-17(14)23;;/h3-5,8-11H,2,6-7,12-13,21H2,1H3;2*1H. The molecule has 0 bridgehead atoms. The number of carbonyl (C=O) groups excluding carboxylic acids is 1. The minimum Gasteiger partial charge on any atom is -0.398 e. The Hall–Kier alpha value is -2.24. The molecule has 2 aromatic carbocycles. The van der Waals surface area contributed by atoms with Crippen LogP contribution in [0, 0.1) is 0 Å². The van der Waals surface area contributed by atoms with Gasteiger partial charge in [0.2, 0.25) is 5.91 Å². The third-order valence-corrected chi connectivity index (χ3v) is 4.93.